The SMILES string of the molecule is C=C/C=C(/CNc1nc(Cl)c(Cc2c[nH]c3c2=CCCN=3)s1)N=C(C)C. The van der Waals surface area contributed by atoms with Crippen LogP contribution in [-0.2, 0) is 6.42 Å². The van der Waals surface area contributed by atoms with Crippen LogP contribution >= 0.6 is 22.9 Å². The molecule has 136 valence electrons. The lowest BCUT2D eigenvalue weighted by molar-refractivity contribution is 0.934. The first kappa shape index (κ1) is 18.6. The third-order valence-electron chi connectivity index (χ3n) is 3.83. The van der Waals surface area contributed by atoms with Gasteiger partial charge in [0.15, 0.2) is 5.13 Å². The number of nitrogens with one attached hydrogen (secondary N) is 2. The molecule has 2 N–H and O–H groups in total. The van der Waals surface area contributed by atoms with Gasteiger partial charge in [-0.05, 0) is 31.9 Å². The maximum atomic E-state index is 6.36. The van der Waals surface area contributed by atoms with Crippen LogP contribution in [0.3, 0.4) is 0 Å². The lowest BCUT2D eigenvalue weighted by Gasteiger charge is -2.03. The van der Waals surface area contributed by atoms with Gasteiger partial charge in [-0.2, -0.15) is 0 Å². The van der Waals surface area contributed by atoms with E-state index in [1.807, 2.05) is 26.1 Å². The van der Waals surface area contributed by atoms with Crippen molar-refractivity contribution in [3.63, 3.8) is 0 Å². The highest BCUT2D eigenvalue weighted by molar-refractivity contribution is 7.16. The van der Waals surface area contributed by atoms with E-state index in [1.165, 1.54) is 10.8 Å². The number of rotatable bonds is 7. The minimum Gasteiger partial charge on any atom is -0.356 e. The van der Waals surface area contributed by atoms with Crippen LogP contribution in [0.4, 0.5) is 5.13 Å². The molecule has 1 aliphatic heterocycles. The Bertz CT molecular complexity index is 976. The Kier molecular flexibility index (Phi) is 6.06. The summed E-state index contributed by atoms with van der Waals surface area (Å²) in [6, 6.07) is 0. The van der Waals surface area contributed by atoms with Crippen molar-refractivity contribution in [3.8, 4) is 0 Å². The molecule has 0 saturated carbocycles. The van der Waals surface area contributed by atoms with E-state index in [0.29, 0.717) is 11.7 Å². The lowest BCUT2D eigenvalue weighted by atomic mass is 10.1. The van der Waals surface area contributed by atoms with E-state index in [-0.39, 0.29) is 0 Å². The number of aromatic amines is 1. The Morgan fingerprint density at radius 3 is 3.12 bits per heavy atom. The Balaban J connectivity index is 1.74. The first-order valence-electron chi connectivity index (χ1n) is 8.50. The second-order valence-electron chi connectivity index (χ2n) is 6.17. The Morgan fingerprint density at radius 2 is 2.35 bits per heavy atom. The summed E-state index contributed by atoms with van der Waals surface area (Å²) >= 11 is 7.94. The van der Waals surface area contributed by atoms with Crippen LogP contribution in [0.25, 0.3) is 6.08 Å². The first-order valence-corrected chi connectivity index (χ1v) is 9.69. The quantitative estimate of drug-likeness (QED) is 0.564. The average molecular weight is 388 g/mol. The highest BCUT2D eigenvalue weighted by Crippen LogP contribution is 2.28. The van der Waals surface area contributed by atoms with Gasteiger partial charge in [0.1, 0.15) is 10.6 Å². The van der Waals surface area contributed by atoms with Gasteiger partial charge in [0.25, 0.3) is 0 Å². The monoisotopic (exact) mass is 387 g/mol. The van der Waals surface area contributed by atoms with Crippen LogP contribution in [0.5, 0.6) is 0 Å². The molecular weight excluding hydrogens is 366 g/mol. The first-order chi connectivity index (χ1) is 12.6. The molecule has 0 radical (unpaired) electrons. The van der Waals surface area contributed by atoms with Crippen LogP contribution in [0.15, 0.2) is 40.6 Å². The number of nitrogens with zero attached hydrogens (tertiary/aromatic N) is 3. The standard InChI is InChI=1S/C19H22ClN5S/c1-4-6-14(24-12(2)3)11-23-19-25-17(20)16(26-19)9-13-10-22-18-15(13)7-5-8-21-18/h4,6-7,10H,1,5,8-9,11H2,2-3H3,(H,21,22)(H,23,25)/b14-6-. The summed E-state index contributed by atoms with van der Waals surface area (Å²) in [5.41, 5.74) is 4.08. The molecule has 3 heterocycles. The van der Waals surface area contributed by atoms with Crippen molar-refractivity contribution in [1.29, 1.82) is 0 Å². The molecule has 7 heteroatoms. The van der Waals surface area contributed by atoms with E-state index in [1.54, 1.807) is 17.4 Å². The number of halogens is 1. The van der Waals surface area contributed by atoms with E-state index in [4.69, 9.17) is 11.6 Å². The van der Waals surface area contributed by atoms with Crippen LogP contribution in [0, 0.1) is 0 Å². The number of thiazole rings is 1. The molecule has 0 unspecified atom stereocenters. The van der Waals surface area contributed by atoms with E-state index < -0.39 is 0 Å². The molecule has 0 spiro atoms. The maximum Gasteiger partial charge on any atom is 0.184 e. The fourth-order valence-electron chi connectivity index (χ4n) is 2.77. The Hall–Kier alpha value is -2.18. The molecule has 0 atom stereocenters. The van der Waals surface area contributed by atoms with Crippen LogP contribution in [0.1, 0.15) is 30.7 Å². The summed E-state index contributed by atoms with van der Waals surface area (Å²) < 4.78 is 0. The normalized spacial score (nSPS) is 13.4. The van der Waals surface area contributed by atoms with Gasteiger partial charge in [-0.1, -0.05) is 30.3 Å². The molecule has 2 aromatic rings. The number of aromatic nitrogens is 2. The van der Waals surface area contributed by atoms with Gasteiger partial charge in [-0.25, -0.2) is 4.98 Å². The van der Waals surface area contributed by atoms with E-state index >= 15 is 0 Å². The summed E-state index contributed by atoms with van der Waals surface area (Å²) in [6.07, 6.45) is 9.61. The molecule has 2 aromatic heterocycles. The number of hydrogen-bond donors (Lipinski definition) is 2. The fraction of sp³-hybridized carbons (Fsp3) is 0.316. The van der Waals surface area contributed by atoms with Crippen LogP contribution < -0.4 is 16.0 Å². The summed E-state index contributed by atoms with van der Waals surface area (Å²) in [5, 5.41) is 5.84. The zero-order valence-corrected chi connectivity index (χ0v) is 16.5. The number of anilines is 1. The molecule has 26 heavy (non-hydrogen) atoms. The van der Waals surface area contributed by atoms with Crippen molar-refractivity contribution in [2.24, 2.45) is 9.98 Å². The minimum absolute atomic E-state index is 0.546. The van der Waals surface area contributed by atoms with Crippen LogP contribution in [-0.4, -0.2) is 28.8 Å². The molecule has 0 amide bonds. The van der Waals surface area contributed by atoms with Gasteiger partial charge in [-0.3, -0.25) is 9.98 Å². The Morgan fingerprint density at radius 1 is 1.50 bits per heavy atom. The van der Waals surface area contributed by atoms with Crippen LogP contribution in [0.2, 0.25) is 5.15 Å². The number of fused-ring (bicyclic) bond motifs is 1. The summed E-state index contributed by atoms with van der Waals surface area (Å²) in [4.78, 5) is 17.7. The van der Waals surface area contributed by atoms with E-state index in [2.05, 4.69) is 37.9 Å². The molecule has 0 aliphatic carbocycles. The third-order valence-corrected chi connectivity index (χ3v) is 5.27. The van der Waals surface area contributed by atoms with Crippen molar-refractivity contribution in [3.05, 3.63) is 56.9 Å². The largest absolute Gasteiger partial charge is 0.356 e. The zero-order chi connectivity index (χ0) is 18.5. The molecule has 1 aliphatic rings. The molecule has 0 saturated heterocycles. The number of hydrogen-bond acceptors (Lipinski definition) is 5. The van der Waals surface area contributed by atoms with Gasteiger partial charge >= 0.3 is 0 Å². The summed E-state index contributed by atoms with van der Waals surface area (Å²) in [5.74, 6) is 0. The second kappa shape index (κ2) is 8.47. The maximum absolute atomic E-state index is 6.36. The number of allylic oxidation sites excluding steroid dienone is 2. The van der Waals surface area contributed by atoms with Crippen molar-refractivity contribution in [2.75, 3.05) is 18.4 Å². The number of H-pyrrole nitrogens is 1. The van der Waals surface area contributed by atoms with E-state index in [9.17, 15) is 0 Å². The summed E-state index contributed by atoms with van der Waals surface area (Å²) in [6.45, 7) is 9.10. The lowest BCUT2D eigenvalue weighted by Crippen LogP contribution is -2.28. The highest BCUT2D eigenvalue weighted by atomic mass is 35.5. The predicted octanol–water partition coefficient (Wildman–Crippen LogP) is 3.48. The van der Waals surface area contributed by atoms with Crippen molar-refractivity contribution in [1.82, 2.24) is 9.97 Å². The minimum atomic E-state index is 0.546. The smallest absolute Gasteiger partial charge is 0.184 e. The molecule has 5 nitrogen and oxygen atoms in total. The fourth-order valence-corrected chi connectivity index (χ4v) is 3.96. The van der Waals surface area contributed by atoms with Gasteiger partial charge in [-0.15, -0.1) is 11.3 Å². The van der Waals surface area contributed by atoms with Crippen molar-refractivity contribution < 1.29 is 0 Å². The third kappa shape index (κ3) is 4.51. The van der Waals surface area contributed by atoms with Gasteiger partial charge in [0.2, 0.25) is 0 Å². The highest BCUT2D eigenvalue weighted by Gasteiger charge is 2.12. The van der Waals surface area contributed by atoms with Gasteiger partial charge in [0, 0.05) is 30.1 Å². The number of aliphatic imine (C=N–C) groups is 1. The predicted molar refractivity (Wildman–Crippen MR) is 111 cm³/mol. The molecule has 0 bridgehead atoms. The Labute approximate surface area is 162 Å². The van der Waals surface area contributed by atoms with Crippen molar-refractivity contribution >= 4 is 39.9 Å². The van der Waals surface area contributed by atoms with Crippen molar-refractivity contribution in [2.45, 2.75) is 26.7 Å². The topological polar surface area (TPSA) is 65.4 Å². The average Bonchev–Trinajstić information content (AvgIpc) is 3.17. The summed E-state index contributed by atoms with van der Waals surface area (Å²) in [7, 11) is 0. The molecular formula is C19H22ClN5S. The molecule has 3 rings (SSSR count). The second-order valence-corrected chi connectivity index (χ2v) is 7.61. The zero-order valence-electron chi connectivity index (χ0n) is 15.0. The van der Waals surface area contributed by atoms with Gasteiger partial charge < -0.3 is 10.3 Å². The van der Waals surface area contributed by atoms with Gasteiger partial charge in [0.05, 0.1) is 17.1 Å². The molecule has 0 fully saturated rings. The van der Waals surface area contributed by atoms with E-state index in [0.717, 1.165) is 46.3 Å². The molecule has 0 aromatic carbocycles.